The molecule has 2 aliphatic rings. The van der Waals surface area contributed by atoms with Gasteiger partial charge in [-0.05, 0) is 30.1 Å². The summed E-state index contributed by atoms with van der Waals surface area (Å²) in [5.41, 5.74) is -0.320. The van der Waals surface area contributed by atoms with E-state index in [1.165, 1.54) is 0 Å². The number of carbonyl (C=O) groups excluding carboxylic acids is 2. The van der Waals surface area contributed by atoms with Crippen molar-refractivity contribution in [2.24, 2.45) is 40.9 Å². The first-order valence-corrected chi connectivity index (χ1v) is 6.78. The van der Waals surface area contributed by atoms with Gasteiger partial charge in [-0.25, -0.2) is 0 Å². The Labute approximate surface area is 104 Å². The molecule has 2 rings (SSSR count). The summed E-state index contributed by atoms with van der Waals surface area (Å²) in [4.78, 5) is 23.9. The van der Waals surface area contributed by atoms with Gasteiger partial charge in [-0.15, -0.1) is 0 Å². The summed E-state index contributed by atoms with van der Waals surface area (Å²) >= 11 is 0. The fraction of sp³-hybridized carbons (Fsp3) is 0.867. The van der Waals surface area contributed by atoms with Gasteiger partial charge in [0, 0.05) is 17.3 Å². The fourth-order valence-electron chi connectivity index (χ4n) is 4.11. The average Bonchev–Trinajstić information content (AvgIpc) is 2.74. The molecule has 2 aliphatic carbocycles. The molecule has 96 valence electrons. The maximum absolute atomic E-state index is 12.5. The number of aldehydes is 1. The molecule has 0 aliphatic heterocycles. The smallest absolute Gasteiger partial charge is 0.142 e. The van der Waals surface area contributed by atoms with E-state index in [4.69, 9.17) is 0 Å². The number of fused-ring (bicyclic) bond motifs is 2. The second kappa shape index (κ2) is 3.93. The molecule has 2 nitrogen and oxygen atoms in total. The molecule has 17 heavy (non-hydrogen) atoms. The second-order valence-corrected chi connectivity index (χ2v) is 7.14. The molecule has 2 fully saturated rings. The Kier molecular flexibility index (Phi) is 2.95. The Morgan fingerprint density at radius 1 is 1.12 bits per heavy atom. The Balaban J connectivity index is 2.30. The van der Waals surface area contributed by atoms with Gasteiger partial charge in [-0.2, -0.15) is 0 Å². The van der Waals surface area contributed by atoms with E-state index in [9.17, 15) is 9.59 Å². The summed E-state index contributed by atoms with van der Waals surface area (Å²) in [7, 11) is 0. The monoisotopic (exact) mass is 236 g/mol. The predicted octanol–water partition coefficient (Wildman–Crippen LogP) is 2.95. The zero-order valence-corrected chi connectivity index (χ0v) is 11.6. The molecular weight excluding hydrogens is 212 g/mol. The Morgan fingerprint density at radius 2 is 1.65 bits per heavy atom. The summed E-state index contributed by atoms with van der Waals surface area (Å²) < 4.78 is 0. The average molecular weight is 236 g/mol. The van der Waals surface area contributed by atoms with Crippen LogP contribution in [-0.4, -0.2) is 12.1 Å². The molecule has 2 bridgehead atoms. The van der Waals surface area contributed by atoms with Crippen molar-refractivity contribution in [3.05, 3.63) is 0 Å². The van der Waals surface area contributed by atoms with Crippen molar-refractivity contribution in [1.82, 2.24) is 0 Å². The van der Waals surface area contributed by atoms with Crippen molar-refractivity contribution >= 4 is 12.1 Å². The molecular formula is C15H24O2. The van der Waals surface area contributed by atoms with Crippen LogP contribution in [0.15, 0.2) is 0 Å². The zero-order chi connectivity index (χ0) is 13.0. The van der Waals surface area contributed by atoms with E-state index < -0.39 is 0 Å². The molecule has 0 aromatic heterocycles. The molecule has 0 spiro atoms. The minimum absolute atomic E-state index is 0.0105. The topological polar surface area (TPSA) is 34.1 Å². The molecule has 0 radical (unpaired) electrons. The van der Waals surface area contributed by atoms with Gasteiger partial charge in [0.25, 0.3) is 0 Å². The molecule has 0 aromatic carbocycles. The quantitative estimate of drug-likeness (QED) is 0.691. The molecule has 2 saturated carbocycles. The van der Waals surface area contributed by atoms with Gasteiger partial charge in [0.1, 0.15) is 12.1 Å². The summed E-state index contributed by atoms with van der Waals surface area (Å²) in [6.45, 7) is 10.4. The van der Waals surface area contributed by atoms with Gasteiger partial charge in [-0.1, -0.05) is 34.6 Å². The Hall–Kier alpha value is -0.660. The Morgan fingerprint density at radius 3 is 2.12 bits per heavy atom. The highest BCUT2D eigenvalue weighted by atomic mass is 16.1. The van der Waals surface area contributed by atoms with E-state index in [1.807, 2.05) is 20.8 Å². The van der Waals surface area contributed by atoms with Gasteiger partial charge in [0.2, 0.25) is 0 Å². The van der Waals surface area contributed by atoms with Gasteiger partial charge in [0.05, 0.1) is 0 Å². The second-order valence-electron chi connectivity index (χ2n) is 7.14. The van der Waals surface area contributed by atoms with E-state index >= 15 is 0 Å². The molecule has 0 N–H and O–H groups in total. The largest absolute Gasteiger partial charge is 0.303 e. The van der Waals surface area contributed by atoms with Gasteiger partial charge >= 0.3 is 0 Å². The third-order valence-corrected chi connectivity index (χ3v) is 5.29. The van der Waals surface area contributed by atoms with Crippen LogP contribution >= 0.6 is 0 Å². The van der Waals surface area contributed by atoms with Crippen molar-refractivity contribution in [3.8, 4) is 0 Å². The zero-order valence-electron chi connectivity index (χ0n) is 11.6. The molecule has 2 heteroatoms. The van der Waals surface area contributed by atoms with Crippen LogP contribution in [0, 0.1) is 40.9 Å². The minimum atomic E-state index is -0.320. The maximum atomic E-state index is 12.5. The van der Waals surface area contributed by atoms with E-state index in [0.717, 1.165) is 12.7 Å². The molecule has 0 saturated heterocycles. The molecule has 0 aromatic rings. The highest BCUT2D eigenvalue weighted by Gasteiger charge is 2.58. The lowest BCUT2D eigenvalue weighted by Crippen LogP contribution is -2.42. The first kappa shape index (κ1) is 12.8. The van der Waals surface area contributed by atoms with E-state index in [2.05, 4.69) is 13.8 Å². The van der Waals surface area contributed by atoms with Crippen molar-refractivity contribution in [3.63, 3.8) is 0 Å². The van der Waals surface area contributed by atoms with Gasteiger partial charge < -0.3 is 4.79 Å². The van der Waals surface area contributed by atoms with Crippen LogP contribution in [0.1, 0.15) is 41.0 Å². The minimum Gasteiger partial charge on any atom is -0.303 e. The predicted molar refractivity (Wildman–Crippen MR) is 67.4 cm³/mol. The first-order chi connectivity index (χ1) is 7.79. The highest BCUT2D eigenvalue weighted by molar-refractivity contribution is 5.89. The summed E-state index contributed by atoms with van der Waals surface area (Å²) in [5, 5.41) is 0. The number of rotatable bonds is 2. The standard InChI is InChI=1S/C15H24O2/c1-8-9(2)11-6-10(8)12(7-16)13(11)14(17)15(3,4)5/h7-13H,6H2,1-5H3. The Bertz CT molecular complexity index is 339. The number of ketones is 1. The van der Waals surface area contributed by atoms with Crippen molar-refractivity contribution in [1.29, 1.82) is 0 Å². The number of Topliss-reactive ketones (excluding diaryl/α,β-unsaturated/α-hetero) is 1. The SMILES string of the molecule is CC1C(C)C2CC1C(C=O)C2C(=O)C(C)(C)C. The van der Waals surface area contributed by atoms with E-state index in [-0.39, 0.29) is 17.3 Å². The van der Waals surface area contributed by atoms with Crippen LogP contribution in [0.5, 0.6) is 0 Å². The molecule has 0 heterocycles. The summed E-state index contributed by atoms with van der Waals surface area (Å²) in [6, 6.07) is 0. The van der Waals surface area contributed by atoms with Gasteiger partial charge in [-0.3, -0.25) is 4.79 Å². The lowest BCUT2D eigenvalue weighted by molar-refractivity contribution is -0.138. The van der Waals surface area contributed by atoms with E-state index in [0.29, 0.717) is 29.5 Å². The van der Waals surface area contributed by atoms with Gasteiger partial charge in [0.15, 0.2) is 0 Å². The number of hydrogen-bond acceptors (Lipinski definition) is 2. The van der Waals surface area contributed by atoms with E-state index in [1.54, 1.807) is 0 Å². The number of hydrogen-bond donors (Lipinski definition) is 0. The van der Waals surface area contributed by atoms with Crippen LogP contribution in [0.4, 0.5) is 0 Å². The fourth-order valence-corrected chi connectivity index (χ4v) is 4.11. The van der Waals surface area contributed by atoms with Crippen LogP contribution < -0.4 is 0 Å². The highest BCUT2D eigenvalue weighted by Crippen LogP contribution is 2.58. The van der Waals surface area contributed by atoms with Crippen LogP contribution in [0.3, 0.4) is 0 Å². The molecule has 6 unspecified atom stereocenters. The van der Waals surface area contributed by atoms with Crippen molar-refractivity contribution in [2.75, 3.05) is 0 Å². The van der Waals surface area contributed by atoms with Crippen LogP contribution in [0.2, 0.25) is 0 Å². The summed E-state index contributed by atoms with van der Waals surface area (Å²) in [6.07, 6.45) is 2.14. The van der Waals surface area contributed by atoms with Crippen molar-refractivity contribution < 1.29 is 9.59 Å². The third-order valence-electron chi connectivity index (χ3n) is 5.29. The lowest BCUT2D eigenvalue weighted by Gasteiger charge is -2.37. The van der Waals surface area contributed by atoms with Crippen molar-refractivity contribution in [2.45, 2.75) is 41.0 Å². The normalized spacial score (nSPS) is 45.0. The number of carbonyl (C=O) groups is 2. The van der Waals surface area contributed by atoms with Crippen LogP contribution in [-0.2, 0) is 9.59 Å². The third kappa shape index (κ3) is 1.76. The van der Waals surface area contributed by atoms with Crippen LogP contribution in [0.25, 0.3) is 0 Å². The summed E-state index contributed by atoms with van der Waals surface area (Å²) in [5.74, 6) is 2.34. The first-order valence-electron chi connectivity index (χ1n) is 6.78. The maximum Gasteiger partial charge on any atom is 0.142 e. The molecule has 0 amide bonds. The molecule has 6 atom stereocenters. The lowest BCUT2D eigenvalue weighted by atomic mass is 9.65.